The average molecular weight is 173 g/mol. The van der Waals surface area contributed by atoms with E-state index in [1.165, 1.54) is 6.92 Å². The molecule has 0 unspecified atom stereocenters. The predicted molar refractivity (Wildman–Crippen MR) is 31.8 cm³/mol. The molecular formula is C3H5ClO4S. The molecule has 0 spiro atoms. The number of rotatable bonds is 1. The Morgan fingerprint density at radius 3 is 2.22 bits per heavy atom. The Morgan fingerprint density at radius 2 is 2.11 bits per heavy atom. The van der Waals surface area contributed by atoms with Crippen LogP contribution in [0.2, 0.25) is 0 Å². The molecule has 0 bridgehead atoms. The van der Waals surface area contributed by atoms with Gasteiger partial charge in [-0.25, -0.2) is 4.79 Å². The van der Waals surface area contributed by atoms with Crippen LogP contribution >= 0.6 is 10.7 Å². The first kappa shape index (κ1) is 8.71. The maximum Gasteiger partial charge on any atom is 0.440 e. The van der Waals surface area contributed by atoms with Gasteiger partial charge in [-0.15, -0.1) is 0 Å². The third-order valence-corrected chi connectivity index (χ3v) is 1.36. The van der Waals surface area contributed by atoms with E-state index in [2.05, 4.69) is 15.4 Å². The van der Waals surface area contributed by atoms with Crippen LogP contribution < -0.4 is 0 Å². The van der Waals surface area contributed by atoms with E-state index in [-0.39, 0.29) is 6.61 Å². The van der Waals surface area contributed by atoms with E-state index in [1.807, 2.05) is 0 Å². The van der Waals surface area contributed by atoms with Crippen molar-refractivity contribution in [1.29, 1.82) is 0 Å². The highest BCUT2D eigenvalue weighted by Gasteiger charge is 2.18. The van der Waals surface area contributed by atoms with Gasteiger partial charge < -0.3 is 4.74 Å². The van der Waals surface area contributed by atoms with Crippen LogP contribution in [0.4, 0.5) is 4.79 Å². The Morgan fingerprint density at radius 1 is 1.67 bits per heavy atom. The van der Waals surface area contributed by atoms with Crippen molar-refractivity contribution in [2.24, 2.45) is 0 Å². The second kappa shape index (κ2) is 3.03. The number of carbonyl (C=O) groups excluding carboxylic acids is 1. The molecule has 0 amide bonds. The summed E-state index contributed by atoms with van der Waals surface area (Å²) in [5, 5.41) is -1.40. The molecule has 0 N–H and O–H groups in total. The van der Waals surface area contributed by atoms with Crippen molar-refractivity contribution in [2.45, 2.75) is 6.92 Å². The molecule has 0 rings (SSSR count). The Hall–Kier alpha value is -0.290. The zero-order chi connectivity index (χ0) is 7.49. The maximum absolute atomic E-state index is 10.1. The minimum atomic E-state index is -4.15. The lowest BCUT2D eigenvalue weighted by atomic mass is 10.9. The van der Waals surface area contributed by atoms with E-state index < -0.39 is 14.4 Å². The van der Waals surface area contributed by atoms with Crippen molar-refractivity contribution < 1.29 is 17.9 Å². The summed E-state index contributed by atoms with van der Waals surface area (Å²) in [5.74, 6) is 0. The van der Waals surface area contributed by atoms with Crippen LogP contribution in [0, 0.1) is 0 Å². The van der Waals surface area contributed by atoms with Crippen molar-refractivity contribution in [2.75, 3.05) is 6.61 Å². The van der Waals surface area contributed by atoms with E-state index in [9.17, 15) is 13.2 Å². The molecule has 6 heteroatoms. The zero-order valence-corrected chi connectivity index (χ0v) is 6.20. The molecule has 0 aromatic rings. The summed E-state index contributed by atoms with van der Waals surface area (Å²) >= 11 is 0. The van der Waals surface area contributed by atoms with Gasteiger partial charge >= 0.3 is 14.4 Å². The molecule has 0 aromatic carbocycles. The zero-order valence-electron chi connectivity index (χ0n) is 4.63. The minimum absolute atomic E-state index is 0.00475. The van der Waals surface area contributed by atoms with Gasteiger partial charge in [0, 0.05) is 10.7 Å². The number of carbonyl (C=O) groups is 1. The van der Waals surface area contributed by atoms with E-state index >= 15 is 0 Å². The molecular weight excluding hydrogens is 168 g/mol. The molecule has 9 heavy (non-hydrogen) atoms. The predicted octanol–water partition coefficient (Wildman–Crippen LogP) is 0.712. The maximum atomic E-state index is 10.1. The summed E-state index contributed by atoms with van der Waals surface area (Å²) < 4.78 is 24.1. The molecule has 0 fully saturated rings. The van der Waals surface area contributed by atoms with Gasteiger partial charge in [-0.2, -0.15) is 8.42 Å². The highest BCUT2D eigenvalue weighted by molar-refractivity contribution is 8.25. The third-order valence-electron chi connectivity index (χ3n) is 0.461. The number of hydrogen-bond donors (Lipinski definition) is 0. The van der Waals surface area contributed by atoms with Crippen LogP contribution in [-0.2, 0) is 13.8 Å². The first-order valence-electron chi connectivity index (χ1n) is 2.10. The number of hydrogen-bond acceptors (Lipinski definition) is 4. The summed E-state index contributed by atoms with van der Waals surface area (Å²) in [4.78, 5) is 10.1. The van der Waals surface area contributed by atoms with Gasteiger partial charge in [0.1, 0.15) is 0 Å². The van der Waals surface area contributed by atoms with Crippen LogP contribution in [0.3, 0.4) is 0 Å². The van der Waals surface area contributed by atoms with Crippen molar-refractivity contribution in [3.05, 3.63) is 0 Å². The Kier molecular flexibility index (Phi) is 2.93. The smallest absolute Gasteiger partial charge is 0.440 e. The molecule has 4 nitrogen and oxygen atoms in total. The highest BCUT2D eigenvalue weighted by Crippen LogP contribution is 2.00. The fraction of sp³-hybridized carbons (Fsp3) is 0.667. The van der Waals surface area contributed by atoms with E-state index in [4.69, 9.17) is 0 Å². The number of ether oxygens (including phenoxy) is 1. The molecule has 0 saturated carbocycles. The van der Waals surface area contributed by atoms with Crippen LogP contribution in [0.5, 0.6) is 0 Å². The van der Waals surface area contributed by atoms with Gasteiger partial charge in [-0.3, -0.25) is 0 Å². The SMILES string of the molecule is CCOC(=O)S(=O)(=O)Cl. The van der Waals surface area contributed by atoms with Crippen molar-refractivity contribution in [3.63, 3.8) is 0 Å². The summed E-state index contributed by atoms with van der Waals surface area (Å²) in [6, 6.07) is 0. The fourth-order valence-electron chi connectivity index (χ4n) is 0.188. The van der Waals surface area contributed by atoms with E-state index in [0.717, 1.165) is 0 Å². The number of halogens is 1. The molecule has 0 aromatic heterocycles. The lowest BCUT2D eigenvalue weighted by molar-refractivity contribution is 0.179. The molecule has 0 radical (unpaired) electrons. The first-order chi connectivity index (χ1) is 3.98. The quantitative estimate of drug-likeness (QED) is 0.432. The molecule has 0 aliphatic heterocycles. The first-order valence-corrected chi connectivity index (χ1v) is 4.41. The summed E-state index contributed by atoms with van der Waals surface area (Å²) in [5.41, 5.74) is 0. The van der Waals surface area contributed by atoms with Crippen LogP contribution in [0.15, 0.2) is 0 Å². The molecule has 0 aliphatic rings. The highest BCUT2D eigenvalue weighted by atomic mass is 35.7. The van der Waals surface area contributed by atoms with Crippen LogP contribution in [-0.4, -0.2) is 20.3 Å². The minimum Gasteiger partial charge on any atom is -0.454 e. The van der Waals surface area contributed by atoms with Crippen molar-refractivity contribution in [3.8, 4) is 0 Å². The van der Waals surface area contributed by atoms with Gasteiger partial charge in [-0.05, 0) is 6.92 Å². The van der Waals surface area contributed by atoms with Crippen LogP contribution in [0.25, 0.3) is 0 Å². The second-order valence-electron chi connectivity index (χ2n) is 1.12. The summed E-state index contributed by atoms with van der Waals surface area (Å²) in [6.07, 6.45) is 0. The molecule has 54 valence electrons. The van der Waals surface area contributed by atoms with Gasteiger partial charge in [0.25, 0.3) is 0 Å². The largest absolute Gasteiger partial charge is 0.454 e. The fourth-order valence-corrected chi connectivity index (χ4v) is 0.580. The third kappa shape index (κ3) is 3.31. The van der Waals surface area contributed by atoms with Crippen LogP contribution in [0.1, 0.15) is 6.92 Å². The average Bonchev–Trinajstić information content (AvgIpc) is 1.64. The Labute approximate surface area is 57.2 Å². The standard InChI is InChI=1S/C3H5ClO4S/c1-2-8-3(5)9(4,6)7/h2H2,1H3. The Balaban J connectivity index is 4.08. The molecule has 0 atom stereocenters. The van der Waals surface area contributed by atoms with Crippen molar-refractivity contribution in [1.82, 2.24) is 0 Å². The van der Waals surface area contributed by atoms with Gasteiger partial charge in [-0.1, -0.05) is 0 Å². The van der Waals surface area contributed by atoms with Gasteiger partial charge in [0.05, 0.1) is 6.61 Å². The summed E-state index contributed by atoms with van der Waals surface area (Å²) in [7, 11) is 0.406. The lowest BCUT2D eigenvalue weighted by Gasteiger charge is -1.93. The Bertz CT molecular complexity index is 194. The van der Waals surface area contributed by atoms with Gasteiger partial charge in [0.2, 0.25) is 0 Å². The monoisotopic (exact) mass is 172 g/mol. The van der Waals surface area contributed by atoms with Crippen molar-refractivity contribution >= 4 is 25.0 Å². The topological polar surface area (TPSA) is 60.4 Å². The van der Waals surface area contributed by atoms with E-state index in [0.29, 0.717) is 0 Å². The summed E-state index contributed by atoms with van der Waals surface area (Å²) in [6.45, 7) is 1.49. The molecule has 0 heterocycles. The molecule has 0 aliphatic carbocycles. The normalized spacial score (nSPS) is 10.9. The second-order valence-corrected chi connectivity index (χ2v) is 3.55. The molecule has 0 saturated heterocycles. The van der Waals surface area contributed by atoms with E-state index in [1.54, 1.807) is 0 Å². The van der Waals surface area contributed by atoms with Gasteiger partial charge in [0.15, 0.2) is 0 Å². The lowest BCUT2D eigenvalue weighted by Crippen LogP contribution is -2.09.